The summed E-state index contributed by atoms with van der Waals surface area (Å²) >= 11 is 2.33. The summed E-state index contributed by atoms with van der Waals surface area (Å²) in [4.78, 5) is 0. The van der Waals surface area contributed by atoms with E-state index < -0.39 is 0 Å². The summed E-state index contributed by atoms with van der Waals surface area (Å²) in [5, 5.41) is 3.25. The van der Waals surface area contributed by atoms with Gasteiger partial charge in [0.05, 0.1) is 6.67 Å². The Balaban J connectivity index is 2.12. The minimum atomic E-state index is 1.06. The zero-order valence-electron chi connectivity index (χ0n) is 4.15. The van der Waals surface area contributed by atoms with Crippen molar-refractivity contribution in [3.63, 3.8) is 0 Å². The lowest BCUT2D eigenvalue weighted by Gasteiger charge is -2.19. The summed E-state index contributed by atoms with van der Waals surface area (Å²) in [6.45, 7) is 3.49. The molecule has 0 bridgehead atoms. The second-order valence-corrected chi connectivity index (χ2v) is 3.06. The van der Waals surface area contributed by atoms with Gasteiger partial charge in [-0.1, -0.05) is 0 Å². The molecule has 0 aromatic carbocycles. The Labute approximate surface area is 57.8 Å². The average molecular weight is 212 g/mol. The minimum Gasteiger partial charge on any atom is -0.304 e. The van der Waals surface area contributed by atoms with E-state index in [-0.39, 0.29) is 0 Å². The third-order valence-electron chi connectivity index (χ3n) is 1.04. The molecule has 1 fully saturated rings. The summed E-state index contributed by atoms with van der Waals surface area (Å²) in [5.74, 6) is 0. The van der Waals surface area contributed by atoms with Crippen molar-refractivity contribution in [2.24, 2.45) is 0 Å². The molecule has 1 rings (SSSR count). The summed E-state index contributed by atoms with van der Waals surface area (Å²) in [6.07, 6.45) is 1.29. The molecule has 0 saturated carbocycles. The third kappa shape index (κ3) is 1.92. The average Bonchev–Trinajstić information content (AvgIpc) is 1.69. The molecule has 0 amide bonds. The Morgan fingerprint density at radius 3 is 2.71 bits per heavy atom. The molecule has 7 heavy (non-hydrogen) atoms. The third-order valence-corrected chi connectivity index (χ3v) is 1.86. The first kappa shape index (κ1) is 5.78. The largest absolute Gasteiger partial charge is 0.304 e. The lowest BCUT2D eigenvalue weighted by molar-refractivity contribution is 0.387. The van der Waals surface area contributed by atoms with Crippen LogP contribution in [0.3, 0.4) is 0 Å². The van der Waals surface area contributed by atoms with Crippen LogP contribution in [0.15, 0.2) is 0 Å². The zero-order chi connectivity index (χ0) is 5.11. The zero-order valence-corrected chi connectivity index (χ0v) is 6.31. The van der Waals surface area contributed by atoms with Gasteiger partial charge < -0.3 is 5.32 Å². The lowest BCUT2D eigenvalue weighted by Crippen LogP contribution is -2.35. The first-order valence-corrected chi connectivity index (χ1v) is 3.47. The molecular formula is C4H9IN2. The van der Waals surface area contributed by atoms with E-state index in [2.05, 4.69) is 31.3 Å². The monoisotopic (exact) mass is 212 g/mol. The molecule has 42 valence electrons. The molecule has 3 heteroatoms. The smallest absolute Gasteiger partial charge is 0.0573 e. The van der Waals surface area contributed by atoms with Crippen molar-refractivity contribution in [2.75, 3.05) is 19.8 Å². The number of halogens is 1. The van der Waals surface area contributed by atoms with Crippen molar-refractivity contribution in [2.45, 2.75) is 6.42 Å². The van der Waals surface area contributed by atoms with Gasteiger partial charge >= 0.3 is 0 Å². The van der Waals surface area contributed by atoms with Gasteiger partial charge in [0, 0.05) is 29.4 Å². The van der Waals surface area contributed by atoms with Crippen LogP contribution in [0.1, 0.15) is 6.42 Å². The molecule has 0 aliphatic carbocycles. The van der Waals surface area contributed by atoms with Crippen molar-refractivity contribution >= 4 is 22.9 Å². The number of nitrogens with one attached hydrogen (secondary N) is 1. The van der Waals surface area contributed by atoms with Crippen molar-refractivity contribution in [1.29, 1.82) is 0 Å². The summed E-state index contributed by atoms with van der Waals surface area (Å²) in [6, 6.07) is 0. The standard InChI is InChI=1S/C4H9IN2/c5-7-3-1-2-6-4-7/h6H,1-4H2. The Morgan fingerprint density at radius 1 is 1.57 bits per heavy atom. The van der Waals surface area contributed by atoms with Crippen molar-refractivity contribution < 1.29 is 0 Å². The predicted octanol–water partition coefficient (Wildman–Crippen LogP) is 0.589. The van der Waals surface area contributed by atoms with Crippen LogP contribution >= 0.6 is 22.9 Å². The maximum Gasteiger partial charge on any atom is 0.0573 e. The predicted molar refractivity (Wildman–Crippen MR) is 38.2 cm³/mol. The van der Waals surface area contributed by atoms with E-state index >= 15 is 0 Å². The van der Waals surface area contributed by atoms with Crippen molar-refractivity contribution in [1.82, 2.24) is 8.43 Å². The maximum atomic E-state index is 3.25. The van der Waals surface area contributed by atoms with Crippen molar-refractivity contribution in [3.8, 4) is 0 Å². The topological polar surface area (TPSA) is 15.3 Å². The molecule has 0 atom stereocenters. The molecule has 0 aromatic heterocycles. The van der Waals surface area contributed by atoms with E-state index in [0.29, 0.717) is 0 Å². The van der Waals surface area contributed by atoms with Crippen LogP contribution in [-0.2, 0) is 0 Å². The van der Waals surface area contributed by atoms with Gasteiger partial charge in [-0.3, -0.25) is 0 Å². The van der Waals surface area contributed by atoms with E-state index in [1.807, 2.05) is 0 Å². The molecule has 2 nitrogen and oxygen atoms in total. The van der Waals surface area contributed by atoms with Gasteiger partial charge in [0.25, 0.3) is 0 Å². The number of nitrogens with zero attached hydrogens (tertiary/aromatic N) is 1. The Bertz CT molecular complexity index is 51.7. The fourth-order valence-electron chi connectivity index (χ4n) is 0.655. The second kappa shape index (κ2) is 2.84. The van der Waals surface area contributed by atoms with Crippen molar-refractivity contribution in [3.05, 3.63) is 0 Å². The first-order valence-electron chi connectivity index (χ1n) is 2.51. The molecule has 0 spiro atoms. The van der Waals surface area contributed by atoms with Crippen LogP contribution in [0, 0.1) is 0 Å². The number of hydrogen-bond donors (Lipinski definition) is 1. The second-order valence-electron chi connectivity index (χ2n) is 1.70. The Morgan fingerprint density at radius 2 is 2.43 bits per heavy atom. The van der Waals surface area contributed by atoms with E-state index in [1.54, 1.807) is 0 Å². The van der Waals surface area contributed by atoms with Gasteiger partial charge in [-0.05, 0) is 13.0 Å². The van der Waals surface area contributed by atoms with Crippen LogP contribution < -0.4 is 5.32 Å². The summed E-state index contributed by atoms with van der Waals surface area (Å²) in [7, 11) is 0. The SMILES string of the molecule is IN1CCCNC1. The van der Waals surface area contributed by atoms with E-state index in [0.717, 1.165) is 6.67 Å². The number of hydrogen-bond acceptors (Lipinski definition) is 2. The van der Waals surface area contributed by atoms with Crippen LogP contribution in [0.4, 0.5) is 0 Å². The summed E-state index contributed by atoms with van der Waals surface area (Å²) < 4.78 is 2.25. The maximum absolute atomic E-state index is 3.25. The molecular weight excluding hydrogens is 203 g/mol. The van der Waals surface area contributed by atoms with Gasteiger partial charge in [-0.25, -0.2) is 3.11 Å². The molecule has 0 unspecified atom stereocenters. The van der Waals surface area contributed by atoms with Gasteiger partial charge in [-0.2, -0.15) is 0 Å². The highest BCUT2D eigenvalue weighted by Gasteiger charge is 2.02. The number of rotatable bonds is 0. The first-order chi connectivity index (χ1) is 3.39. The van der Waals surface area contributed by atoms with E-state index in [4.69, 9.17) is 0 Å². The van der Waals surface area contributed by atoms with Crippen LogP contribution in [0.5, 0.6) is 0 Å². The molecule has 1 aliphatic rings. The van der Waals surface area contributed by atoms with Crippen LogP contribution in [0.25, 0.3) is 0 Å². The molecule has 1 saturated heterocycles. The molecule has 1 N–H and O–H groups in total. The van der Waals surface area contributed by atoms with Gasteiger partial charge in [0.2, 0.25) is 0 Å². The minimum absolute atomic E-state index is 1.06. The van der Waals surface area contributed by atoms with Crippen LogP contribution in [0.2, 0.25) is 0 Å². The Hall–Kier alpha value is 0.650. The highest BCUT2D eigenvalue weighted by atomic mass is 127. The van der Waals surface area contributed by atoms with E-state index in [9.17, 15) is 0 Å². The highest BCUT2D eigenvalue weighted by Crippen LogP contribution is 2.00. The quantitative estimate of drug-likeness (QED) is 0.467. The highest BCUT2D eigenvalue weighted by molar-refractivity contribution is 14.1. The molecule has 0 aromatic rings. The summed E-state index contributed by atoms with van der Waals surface area (Å²) in [5.41, 5.74) is 0. The van der Waals surface area contributed by atoms with E-state index in [1.165, 1.54) is 19.5 Å². The fourth-order valence-corrected chi connectivity index (χ4v) is 1.24. The van der Waals surface area contributed by atoms with Gasteiger partial charge in [-0.15, -0.1) is 0 Å². The normalized spacial score (nSPS) is 25.3. The molecule has 0 radical (unpaired) electrons. The molecule has 1 aliphatic heterocycles. The molecule has 1 heterocycles. The van der Waals surface area contributed by atoms with Crippen LogP contribution in [-0.4, -0.2) is 22.9 Å². The lowest BCUT2D eigenvalue weighted by atomic mass is 10.4. The van der Waals surface area contributed by atoms with Gasteiger partial charge in [0.1, 0.15) is 0 Å². The van der Waals surface area contributed by atoms with Gasteiger partial charge in [0.15, 0.2) is 0 Å². The fraction of sp³-hybridized carbons (Fsp3) is 1.00. The Kier molecular flexibility index (Phi) is 2.34.